The third-order valence-electron chi connectivity index (χ3n) is 5.19. The van der Waals surface area contributed by atoms with E-state index in [-0.39, 0.29) is 17.6 Å². The number of benzene rings is 1. The van der Waals surface area contributed by atoms with Crippen LogP contribution in [0.1, 0.15) is 41.7 Å². The zero-order valence-corrected chi connectivity index (χ0v) is 17.0. The highest BCUT2D eigenvalue weighted by atomic mass is 16.6. The van der Waals surface area contributed by atoms with E-state index in [1.807, 2.05) is 33.2 Å². The van der Waals surface area contributed by atoms with Gasteiger partial charge in [0.2, 0.25) is 0 Å². The van der Waals surface area contributed by atoms with Crippen molar-refractivity contribution < 1.29 is 9.72 Å². The molecule has 0 saturated heterocycles. The maximum Gasteiger partial charge on any atom is 0.270 e. The molecule has 1 aliphatic rings. The third-order valence-corrected chi connectivity index (χ3v) is 5.19. The van der Waals surface area contributed by atoms with Gasteiger partial charge < -0.3 is 15.5 Å². The van der Waals surface area contributed by atoms with Crippen LogP contribution in [0.5, 0.6) is 0 Å². The monoisotopic (exact) mass is 397 g/mol. The molecule has 0 atom stereocenters. The van der Waals surface area contributed by atoms with Crippen molar-refractivity contribution in [1.29, 1.82) is 0 Å². The van der Waals surface area contributed by atoms with Gasteiger partial charge in [0, 0.05) is 61.3 Å². The van der Waals surface area contributed by atoms with Gasteiger partial charge in [0.05, 0.1) is 4.92 Å². The number of non-ortho nitro benzene ring substituents is 1. The molecule has 1 fully saturated rings. The largest absolute Gasteiger partial charge is 0.377 e. The highest BCUT2D eigenvalue weighted by Crippen LogP contribution is 2.24. The molecule has 154 valence electrons. The molecule has 1 heterocycles. The van der Waals surface area contributed by atoms with Crippen LogP contribution in [0.15, 0.2) is 36.4 Å². The van der Waals surface area contributed by atoms with Gasteiger partial charge in [-0.2, -0.15) is 0 Å². The van der Waals surface area contributed by atoms with Gasteiger partial charge in [-0.3, -0.25) is 14.9 Å². The van der Waals surface area contributed by atoms with Crippen LogP contribution in [0.3, 0.4) is 0 Å². The standard InChI is InChI=1S/C21H27N5O3/c1-14-11-19(25(2)3)13-20(22-14)23-16-7-9-17(10-8-16)24-21(27)15-5-4-6-18(12-15)26(28)29/h4-6,11-13,16-17H,7-10H2,1-3H3,(H,22,23)(H,24,27). The van der Waals surface area contributed by atoms with Crippen LogP contribution in [0.4, 0.5) is 17.2 Å². The average molecular weight is 397 g/mol. The van der Waals surface area contributed by atoms with E-state index < -0.39 is 4.92 Å². The van der Waals surface area contributed by atoms with Crippen LogP contribution >= 0.6 is 0 Å². The first-order chi connectivity index (χ1) is 13.8. The molecule has 0 spiro atoms. The molecule has 0 radical (unpaired) electrons. The van der Waals surface area contributed by atoms with Gasteiger partial charge in [0.1, 0.15) is 5.82 Å². The topological polar surface area (TPSA) is 100 Å². The fraction of sp³-hybridized carbons (Fsp3) is 0.429. The number of nitro benzene ring substituents is 1. The zero-order chi connectivity index (χ0) is 21.0. The van der Waals surface area contributed by atoms with Gasteiger partial charge >= 0.3 is 0 Å². The highest BCUT2D eigenvalue weighted by Gasteiger charge is 2.23. The van der Waals surface area contributed by atoms with Gasteiger partial charge in [-0.25, -0.2) is 4.98 Å². The van der Waals surface area contributed by atoms with Gasteiger partial charge in [-0.1, -0.05) is 6.07 Å². The zero-order valence-electron chi connectivity index (χ0n) is 17.0. The summed E-state index contributed by atoms with van der Waals surface area (Å²) in [6, 6.07) is 10.3. The Morgan fingerprint density at radius 2 is 1.83 bits per heavy atom. The van der Waals surface area contributed by atoms with Crippen molar-refractivity contribution >= 4 is 23.1 Å². The first-order valence-electron chi connectivity index (χ1n) is 9.79. The van der Waals surface area contributed by atoms with E-state index in [2.05, 4.69) is 20.5 Å². The highest BCUT2D eigenvalue weighted by molar-refractivity contribution is 5.95. The molecule has 3 rings (SSSR count). The summed E-state index contributed by atoms with van der Waals surface area (Å²) in [5, 5.41) is 17.4. The Hall–Kier alpha value is -3.16. The number of carbonyl (C=O) groups is 1. The molecule has 1 aromatic carbocycles. The second-order valence-corrected chi connectivity index (χ2v) is 7.72. The Balaban J connectivity index is 1.54. The summed E-state index contributed by atoms with van der Waals surface area (Å²) < 4.78 is 0. The lowest BCUT2D eigenvalue weighted by Gasteiger charge is -2.30. The predicted molar refractivity (Wildman–Crippen MR) is 114 cm³/mol. The van der Waals surface area contributed by atoms with E-state index in [4.69, 9.17) is 0 Å². The van der Waals surface area contributed by atoms with Gasteiger partial charge in [-0.15, -0.1) is 0 Å². The lowest BCUT2D eigenvalue weighted by molar-refractivity contribution is -0.384. The lowest BCUT2D eigenvalue weighted by atomic mass is 9.91. The summed E-state index contributed by atoms with van der Waals surface area (Å²) in [7, 11) is 4.02. The third kappa shape index (κ3) is 5.43. The number of anilines is 2. The van der Waals surface area contributed by atoms with Crippen LogP contribution in [0, 0.1) is 17.0 Å². The van der Waals surface area contributed by atoms with Gasteiger partial charge in [0.15, 0.2) is 0 Å². The van der Waals surface area contributed by atoms with E-state index in [1.54, 1.807) is 6.07 Å². The Labute approximate surface area is 170 Å². The molecule has 1 aliphatic carbocycles. The van der Waals surface area contributed by atoms with Crippen molar-refractivity contribution in [3.05, 3.63) is 57.8 Å². The number of amides is 1. The molecule has 0 aliphatic heterocycles. The van der Waals surface area contributed by atoms with Crippen LogP contribution in [0.25, 0.3) is 0 Å². The summed E-state index contributed by atoms with van der Waals surface area (Å²) in [5.74, 6) is 0.610. The van der Waals surface area contributed by atoms with Crippen LogP contribution < -0.4 is 15.5 Å². The number of nitro groups is 1. The minimum Gasteiger partial charge on any atom is -0.377 e. The SMILES string of the molecule is Cc1cc(N(C)C)cc(NC2CCC(NC(=O)c3cccc([N+](=O)[O-])c3)CC2)n1. The molecule has 8 nitrogen and oxygen atoms in total. The molecule has 1 saturated carbocycles. The van der Waals surface area contributed by atoms with E-state index >= 15 is 0 Å². The van der Waals surface area contributed by atoms with Gasteiger partial charge in [-0.05, 0) is 44.7 Å². The number of hydrogen-bond donors (Lipinski definition) is 2. The number of carbonyl (C=O) groups excluding carboxylic acids is 1. The van der Waals surface area contributed by atoms with Crippen LogP contribution in [-0.4, -0.2) is 42.0 Å². The number of hydrogen-bond acceptors (Lipinski definition) is 6. The molecule has 8 heteroatoms. The Morgan fingerprint density at radius 3 is 2.48 bits per heavy atom. The van der Waals surface area contributed by atoms with E-state index in [0.29, 0.717) is 11.6 Å². The quantitative estimate of drug-likeness (QED) is 0.571. The first kappa shape index (κ1) is 20.6. The number of nitrogens with zero attached hydrogens (tertiary/aromatic N) is 3. The molecule has 2 aromatic rings. The maximum absolute atomic E-state index is 12.4. The summed E-state index contributed by atoms with van der Waals surface area (Å²) in [6.45, 7) is 1.98. The van der Waals surface area contributed by atoms with E-state index in [1.165, 1.54) is 18.2 Å². The molecule has 0 unspecified atom stereocenters. The number of pyridine rings is 1. The number of aromatic nitrogens is 1. The molecule has 1 amide bonds. The van der Waals surface area contributed by atoms with Crippen LogP contribution in [-0.2, 0) is 0 Å². The van der Waals surface area contributed by atoms with E-state index in [0.717, 1.165) is 42.9 Å². The molecule has 29 heavy (non-hydrogen) atoms. The molecule has 0 bridgehead atoms. The minimum atomic E-state index is -0.491. The Bertz CT molecular complexity index is 892. The maximum atomic E-state index is 12.4. The second-order valence-electron chi connectivity index (χ2n) is 7.72. The fourth-order valence-corrected chi connectivity index (χ4v) is 3.60. The second kappa shape index (κ2) is 8.89. The Kier molecular flexibility index (Phi) is 6.31. The number of rotatable bonds is 6. The van der Waals surface area contributed by atoms with Gasteiger partial charge in [0.25, 0.3) is 11.6 Å². The summed E-state index contributed by atoms with van der Waals surface area (Å²) >= 11 is 0. The summed E-state index contributed by atoms with van der Waals surface area (Å²) in [4.78, 5) is 29.5. The summed E-state index contributed by atoms with van der Waals surface area (Å²) in [6.07, 6.45) is 3.55. The molecular formula is C21H27N5O3. The fourth-order valence-electron chi connectivity index (χ4n) is 3.60. The minimum absolute atomic E-state index is 0.0719. The number of aryl methyl sites for hydroxylation is 1. The smallest absolute Gasteiger partial charge is 0.270 e. The first-order valence-corrected chi connectivity index (χ1v) is 9.79. The van der Waals surface area contributed by atoms with E-state index in [9.17, 15) is 14.9 Å². The predicted octanol–water partition coefficient (Wildman–Crippen LogP) is 3.52. The van der Waals surface area contributed by atoms with Crippen molar-refractivity contribution in [3.8, 4) is 0 Å². The van der Waals surface area contributed by atoms with Crippen molar-refractivity contribution in [2.75, 3.05) is 24.3 Å². The molecule has 1 aromatic heterocycles. The summed E-state index contributed by atoms with van der Waals surface area (Å²) in [5.41, 5.74) is 2.32. The lowest BCUT2D eigenvalue weighted by Crippen LogP contribution is -2.40. The Morgan fingerprint density at radius 1 is 1.14 bits per heavy atom. The van der Waals surface area contributed by atoms with Crippen LogP contribution in [0.2, 0.25) is 0 Å². The molecule has 2 N–H and O–H groups in total. The van der Waals surface area contributed by atoms with Crippen molar-refractivity contribution in [2.45, 2.75) is 44.7 Å². The van der Waals surface area contributed by atoms with Crippen molar-refractivity contribution in [1.82, 2.24) is 10.3 Å². The molecular weight excluding hydrogens is 370 g/mol. The van der Waals surface area contributed by atoms with Crippen molar-refractivity contribution in [3.63, 3.8) is 0 Å². The average Bonchev–Trinajstić information content (AvgIpc) is 2.69. The van der Waals surface area contributed by atoms with Crippen molar-refractivity contribution in [2.24, 2.45) is 0 Å². The number of nitrogens with one attached hydrogen (secondary N) is 2. The normalized spacial score (nSPS) is 18.7.